The number of carboxylic acid groups (broad SMARTS) is 1. The zero-order chi connectivity index (χ0) is 16.1. The molecule has 7 heteroatoms. The van der Waals surface area contributed by atoms with Gasteiger partial charge in [0.2, 0.25) is 0 Å². The van der Waals surface area contributed by atoms with Crippen molar-refractivity contribution < 1.29 is 19.4 Å². The summed E-state index contributed by atoms with van der Waals surface area (Å²) in [6.45, 7) is 0.337. The summed E-state index contributed by atoms with van der Waals surface area (Å²) in [5.41, 5.74) is 1.00. The predicted molar refractivity (Wildman–Crippen MR) is 78.0 cm³/mol. The maximum atomic E-state index is 11.4. The highest BCUT2D eigenvalue weighted by atomic mass is 16.5. The van der Waals surface area contributed by atoms with Crippen molar-refractivity contribution in [1.82, 2.24) is 9.78 Å². The van der Waals surface area contributed by atoms with E-state index in [-0.39, 0.29) is 12.0 Å². The molecule has 0 fully saturated rings. The van der Waals surface area contributed by atoms with Crippen molar-refractivity contribution in [2.45, 2.75) is 13.0 Å². The van der Waals surface area contributed by atoms with Crippen molar-refractivity contribution >= 4 is 5.97 Å². The molecule has 0 aliphatic heterocycles. The zero-order valence-electron chi connectivity index (χ0n) is 12.2. The summed E-state index contributed by atoms with van der Waals surface area (Å²) in [6.07, 6.45) is 1.68. The van der Waals surface area contributed by atoms with Gasteiger partial charge in [-0.1, -0.05) is 0 Å². The Morgan fingerprint density at radius 1 is 1.36 bits per heavy atom. The van der Waals surface area contributed by atoms with E-state index in [9.17, 15) is 9.90 Å². The predicted octanol–water partition coefficient (Wildman–Crippen LogP) is 2.18. The van der Waals surface area contributed by atoms with Crippen molar-refractivity contribution in [2.75, 3.05) is 14.2 Å². The van der Waals surface area contributed by atoms with Crippen molar-refractivity contribution in [2.24, 2.45) is 0 Å². The Morgan fingerprint density at radius 3 is 2.68 bits per heavy atom. The van der Waals surface area contributed by atoms with Crippen LogP contribution >= 0.6 is 0 Å². The summed E-state index contributed by atoms with van der Waals surface area (Å²) in [4.78, 5) is 11.4. The van der Waals surface area contributed by atoms with Crippen LogP contribution in [0.2, 0.25) is 0 Å². The van der Waals surface area contributed by atoms with E-state index in [0.717, 1.165) is 0 Å². The number of ether oxygens (including phenoxy) is 2. The Hall–Kier alpha value is -3.01. The second-order valence-corrected chi connectivity index (χ2v) is 4.44. The summed E-state index contributed by atoms with van der Waals surface area (Å²) in [5, 5.41) is 22.2. The van der Waals surface area contributed by atoms with Crippen LogP contribution < -0.4 is 9.47 Å². The number of aromatic carboxylic acids is 1. The molecule has 0 spiro atoms. The summed E-state index contributed by atoms with van der Waals surface area (Å²) in [7, 11) is 3.03. The van der Waals surface area contributed by atoms with E-state index in [1.807, 2.05) is 6.07 Å². The number of benzene rings is 1. The van der Waals surface area contributed by atoms with Gasteiger partial charge in [0.25, 0.3) is 0 Å². The van der Waals surface area contributed by atoms with Gasteiger partial charge in [-0.25, -0.2) is 4.79 Å². The van der Waals surface area contributed by atoms with Gasteiger partial charge >= 0.3 is 5.97 Å². The molecule has 0 atom stereocenters. The largest absolute Gasteiger partial charge is 0.493 e. The molecule has 22 heavy (non-hydrogen) atoms. The van der Waals surface area contributed by atoms with Crippen molar-refractivity contribution in [3.63, 3.8) is 0 Å². The van der Waals surface area contributed by atoms with Gasteiger partial charge in [-0.3, -0.25) is 4.68 Å². The van der Waals surface area contributed by atoms with Crippen LogP contribution in [-0.2, 0) is 6.54 Å². The smallest absolute Gasteiger partial charge is 0.339 e. The molecular weight excluding hydrogens is 286 g/mol. The number of carbonyl (C=O) groups is 1. The number of hydrogen-bond donors (Lipinski definition) is 1. The number of rotatable bonds is 6. The van der Waals surface area contributed by atoms with Crippen LogP contribution in [0.4, 0.5) is 0 Å². The molecule has 1 aromatic carbocycles. The van der Waals surface area contributed by atoms with Gasteiger partial charge in [0, 0.05) is 11.8 Å². The third-order valence-electron chi connectivity index (χ3n) is 3.10. The van der Waals surface area contributed by atoms with Crippen LogP contribution in [0.25, 0.3) is 11.3 Å². The Labute approximate surface area is 127 Å². The minimum Gasteiger partial charge on any atom is -0.493 e. The van der Waals surface area contributed by atoms with Gasteiger partial charge in [-0.05, 0) is 18.2 Å². The molecule has 0 saturated carbocycles. The number of methoxy groups -OCH3 is 2. The Kier molecular flexibility index (Phi) is 4.63. The SMILES string of the molecule is COc1ccc(-c2nn(CCC#N)cc2C(=O)O)cc1OC. The van der Waals surface area contributed by atoms with E-state index in [1.165, 1.54) is 25.1 Å². The first-order valence-electron chi connectivity index (χ1n) is 6.50. The van der Waals surface area contributed by atoms with E-state index < -0.39 is 5.97 Å². The first kappa shape index (κ1) is 15.4. The molecule has 0 amide bonds. The van der Waals surface area contributed by atoms with Gasteiger partial charge in [-0.15, -0.1) is 0 Å². The van der Waals surface area contributed by atoms with Crippen molar-refractivity contribution in [3.05, 3.63) is 30.0 Å². The van der Waals surface area contributed by atoms with Crippen LogP contribution in [0.15, 0.2) is 24.4 Å². The van der Waals surface area contributed by atoms with Gasteiger partial charge < -0.3 is 14.6 Å². The van der Waals surface area contributed by atoms with Crippen LogP contribution in [0.5, 0.6) is 11.5 Å². The van der Waals surface area contributed by atoms with E-state index in [0.29, 0.717) is 29.3 Å². The van der Waals surface area contributed by atoms with Gasteiger partial charge in [-0.2, -0.15) is 10.4 Å². The summed E-state index contributed by atoms with van der Waals surface area (Å²) in [6, 6.07) is 7.07. The lowest BCUT2D eigenvalue weighted by atomic mass is 10.1. The molecule has 0 aliphatic carbocycles. The van der Waals surface area contributed by atoms with Crippen LogP contribution in [-0.4, -0.2) is 35.1 Å². The molecular formula is C15H15N3O4. The number of aromatic nitrogens is 2. The molecule has 2 rings (SSSR count). The zero-order valence-corrected chi connectivity index (χ0v) is 12.2. The van der Waals surface area contributed by atoms with E-state index in [1.54, 1.807) is 18.2 Å². The topological polar surface area (TPSA) is 97.4 Å². The standard InChI is InChI=1S/C15H15N3O4/c1-21-12-5-4-10(8-13(12)22-2)14-11(15(19)20)9-18(17-14)7-3-6-16/h4-5,8-9H,3,7H2,1-2H3,(H,19,20). The monoisotopic (exact) mass is 301 g/mol. The van der Waals surface area contributed by atoms with Crippen molar-refractivity contribution in [3.8, 4) is 28.8 Å². The van der Waals surface area contributed by atoms with Gasteiger partial charge in [0.15, 0.2) is 11.5 Å². The Morgan fingerprint density at radius 2 is 2.09 bits per heavy atom. The second-order valence-electron chi connectivity index (χ2n) is 4.44. The lowest BCUT2D eigenvalue weighted by Crippen LogP contribution is -1.97. The Bertz CT molecular complexity index is 731. The number of nitriles is 1. The fourth-order valence-electron chi connectivity index (χ4n) is 2.05. The average molecular weight is 301 g/mol. The normalized spacial score (nSPS) is 10.0. The highest BCUT2D eigenvalue weighted by Gasteiger charge is 2.18. The van der Waals surface area contributed by atoms with Gasteiger partial charge in [0.05, 0.1) is 33.3 Å². The molecule has 7 nitrogen and oxygen atoms in total. The molecule has 0 saturated heterocycles. The number of hydrogen-bond acceptors (Lipinski definition) is 5. The lowest BCUT2D eigenvalue weighted by molar-refractivity contribution is 0.0697. The van der Waals surface area contributed by atoms with Crippen LogP contribution in [0.3, 0.4) is 0 Å². The molecule has 0 bridgehead atoms. The molecule has 2 aromatic rings. The van der Waals surface area contributed by atoms with E-state index >= 15 is 0 Å². The van der Waals surface area contributed by atoms with Crippen LogP contribution in [0.1, 0.15) is 16.8 Å². The second kappa shape index (κ2) is 6.63. The number of aryl methyl sites for hydroxylation is 1. The summed E-state index contributed by atoms with van der Waals surface area (Å²) in [5.74, 6) is -0.0389. The highest BCUT2D eigenvalue weighted by Crippen LogP contribution is 2.33. The Balaban J connectivity index is 2.49. The molecule has 0 unspecified atom stereocenters. The molecule has 1 aromatic heterocycles. The fraction of sp³-hybridized carbons (Fsp3) is 0.267. The first-order chi connectivity index (χ1) is 10.6. The first-order valence-corrected chi connectivity index (χ1v) is 6.50. The van der Waals surface area contributed by atoms with Crippen LogP contribution in [0, 0.1) is 11.3 Å². The van der Waals surface area contributed by atoms with E-state index in [4.69, 9.17) is 14.7 Å². The fourth-order valence-corrected chi connectivity index (χ4v) is 2.05. The number of nitrogens with zero attached hydrogens (tertiary/aromatic N) is 3. The number of carboxylic acids is 1. The average Bonchev–Trinajstić information content (AvgIpc) is 2.96. The molecule has 114 valence electrons. The lowest BCUT2D eigenvalue weighted by Gasteiger charge is -2.08. The molecule has 0 radical (unpaired) electrons. The summed E-state index contributed by atoms with van der Waals surface area (Å²) >= 11 is 0. The van der Waals surface area contributed by atoms with E-state index in [2.05, 4.69) is 5.10 Å². The maximum Gasteiger partial charge on any atom is 0.339 e. The highest BCUT2D eigenvalue weighted by molar-refractivity contribution is 5.94. The third-order valence-corrected chi connectivity index (χ3v) is 3.10. The maximum absolute atomic E-state index is 11.4. The minimum absolute atomic E-state index is 0.0742. The van der Waals surface area contributed by atoms with Crippen molar-refractivity contribution in [1.29, 1.82) is 5.26 Å². The minimum atomic E-state index is -1.08. The quantitative estimate of drug-likeness (QED) is 0.878. The molecule has 1 heterocycles. The molecule has 1 N–H and O–H groups in total. The summed E-state index contributed by atoms with van der Waals surface area (Å²) < 4.78 is 11.8. The van der Waals surface area contributed by atoms with Gasteiger partial charge in [0.1, 0.15) is 11.3 Å². The third kappa shape index (κ3) is 3.01. The molecule has 0 aliphatic rings.